The van der Waals surface area contributed by atoms with Gasteiger partial charge in [0.05, 0.1) is 15.6 Å². The second-order valence-electron chi connectivity index (χ2n) is 4.34. The van der Waals surface area contributed by atoms with Gasteiger partial charge in [0.15, 0.2) is 0 Å². The Morgan fingerprint density at radius 1 is 1.09 bits per heavy atom. The van der Waals surface area contributed by atoms with Crippen LogP contribution >= 0.6 is 23.2 Å². The summed E-state index contributed by atoms with van der Waals surface area (Å²) in [6, 6.07) is 10.1. The molecule has 1 unspecified atom stereocenters. The van der Waals surface area contributed by atoms with Crippen LogP contribution in [0.5, 0.6) is 0 Å². The van der Waals surface area contributed by atoms with E-state index in [2.05, 4.69) is 0 Å². The summed E-state index contributed by atoms with van der Waals surface area (Å²) in [6.07, 6.45) is -1.30. The minimum Gasteiger partial charge on any atom is -0.444 e. The monoisotopic (exact) mass is 341 g/mol. The fourth-order valence-electron chi connectivity index (χ4n) is 1.77. The highest BCUT2D eigenvalue weighted by atomic mass is 35.5. The largest absolute Gasteiger partial charge is 0.444 e. The van der Waals surface area contributed by atoms with Gasteiger partial charge in [-0.3, -0.25) is 4.79 Å². The van der Waals surface area contributed by atoms with Crippen molar-refractivity contribution >= 4 is 35.1 Å². The average Bonchev–Trinajstić information content (AvgIpc) is 2.48. The first-order chi connectivity index (χ1) is 10.4. The van der Waals surface area contributed by atoms with Gasteiger partial charge in [-0.25, -0.2) is 9.18 Å². The molecule has 0 bridgehead atoms. The average molecular weight is 342 g/mol. The van der Waals surface area contributed by atoms with E-state index in [4.69, 9.17) is 33.7 Å². The van der Waals surface area contributed by atoms with Crippen molar-refractivity contribution in [2.45, 2.75) is 6.10 Å². The van der Waals surface area contributed by atoms with Crippen LogP contribution in [-0.2, 0) is 9.53 Å². The van der Waals surface area contributed by atoms with Crippen molar-refractivity contribution in [3.63, 3.8) is 0 Å². The number of esters is 1. The second-order valence-corrected chi connectivity index (χ2v) is 5.16. The molecule has 1 amide bonds. The molecular weight excluding hydrogens is 332 g/mol. The summed E-state index contributed by atoms with van der Waals surface area (Å²) < 4.78 is 18.5. The van der Waals surface area contributed by atoms with E-state index < -0.39 is 23.8 Å². The van der Waals surface area contributed by atoms with E-state index >= 15 is 0 Å². The molecule has 2 aromatic rings. The van der Waals surface area contributed by atoms with Crippen molar-refractivity contribution in [2.75, 3.05) is 0 Å². The summed E-state index contributed by atoms with van der Waals surface area (Å²) in [6.45, 7) is 0. The lowest BCUT2D eigenvalue weighted by Crippen LogP contribution is -2.26. The number of rotatable bonds is 4. The van der Waals surface area contributed by atoms with E-state index in [-0.39, 0.29) is 15.6 Å². The van der Waals surface area contributed by atoms with E-state index in [1.54, 1.807) is 30.3 Å². The van der Waals surface area contributed by atoms with Gasteiger partial charge in [0.1, 0.15) is 5.82 Å². The van der Waals surface area contributed by atoms with Crippen molar-refractivity contribution in [1.29, 1.82) is 0 Å². The molecule has 2 aromatic carbocycles. The lowest BCUT2D eigenvalue weighted by atomic mass is 10.1. The normalized spacial score (nSPS) is 11.8. The Bertz CT molecular complexity index is 722. The Balaban J connectivity index is 2.30. The zero-order valence-electron chi connectivity index (χ0n) is 11.1. The van der Waals surface area contributed by atoms with Crippen LogP contribution in [0.1, 0.15) is 22.0 Å². The minimum absolute atomic E-state index is 0.0901. The maximum Gasteiger partial charge on any atom is 0.340 e. The molecule has 0 aliphatic heterocycles. The summed E-state index contributed by atoms with van der Waals surface area (Å²) in [7, 11) is 0. The molecule has 0 radical (unpaired) electrons. The van der Waals surface area contributed by atoms with E-state index in [9.17, 15) is 14.0 Å². The van der Waals surface area contributed by atoms with Gasteiger partial charge in [-0.1, -0.05) is 53.5 Å². The van der Waals surface area contributed by atoms with Gasteiger partial charge in [0.25, 0.3) is 5.91 Å². The number of carbonyl (C=O) groups is 2. The van der Waals surface area contributed by atoms with Crippen LogP contribution in [0.25, 0.3) is 0 Å². The molecule has 0 aliphatic rings. The minimum atomic E-state index is -1.30. The summed E-state index contributed by atoms with van der Waals surface area (Å²) in [4.78, 5) is 23.6. The van der Waals surface area contributed by atoms with Crippen LogP contribution in [0.2, 0.25) is 10.0 Å². The van der Waals surface area contributed by atoms with Crippen LogP contribution in [0.15, 0.2) is 42.5 Å². The Kier molecular flexibility index (Phi) is 5.00. The van der Waals surface area contributed by atoms with E-state index in [1.807, 2.05) is 0 Å². The van der Waals surface area contributed by atoms with Crippen molar-refractivity contribution in [3.05, 3.63) is 69.5 Å². The highest BCUT2D eigenvalue weighted by Gasteiger charge is 2.25. The topological polar surface area (TPSA) is 69.4 Å². The number of nitrogens with two attached hydrogens (primary N) is 1. The predicted molar refractivity (Wildman–Crippen MR) is 80.2 cm³/mol. The Hall–Kier alpha value is -2.11. The summed E-state index contributed by atoms with van der Waals surface area (Å²) in [5.74, 6) is -2.66. The molecule has 0 aromatic heterocycles. The van der Waals surface area contributed by atoms with Gasteiger partial charge in [-0.15, -0.1) is 0 Å². The molecular formula is C15H10Cl2FNO3. The third-order valence-electron chi connectivity index (χ3n) is 2.82. The van der Waals surface area contributed by atoms with Crippen molar-refractivity contribution in [1.82, 2.24) is 0 Å². The van der Waals surface area contributed by atoms with Crippen LogP contribution in [0.3, 0.4) is 0 Å². The molecule has 0 saturated carbocycles. The fraction of sp³-hybridized carbons (Fsp3) is 0.0667. The highest BCUT2D eigenvalue weighted by molar-refractivity contribution is 6.36. The Morgan fingerprint density at radius 3 is 2.32 bits per heavy atom. The number of primary amides is 1. The molecule has 4 nitrogen and oxygen atoms in total. The lowest BCUT2D eigenvalue weighted by Gasteiger charge is -2.15. The molecule has 1 atom stereocenters. The maximum atomic E-state index is 13.4. The van der Waals surface area contributed by atoms with Gasteiger partial charge in [-0.2, -0.15) is 0 Å². The number of carbonyl (C=O) groups excluding carboxylic acids is 2. The molecule has 0 fully saturated rings. The van der Waals surface area contributed by atoms with Crippen molar-refractivity contribution < 1.29 is 18.7 Å². The molecule has 0 heterocycles. The van der Waals surface area contributed by atoms with Gasteiger partial charge in [0, 0.05) is 5.56 Å². The molecule has 2 N–H and O–H groups in total. The molecule has 0 spiro atoms. The maximum absolute atomic E-state index is 13.4. The number of ether oxygens (including phenoxy) is 1. The van der Waals surface area contributed by atoms with Crippen LogP contribution < -0.4 is 5.73 Å². The summed E-state index contributed by atoms with van der Waals surface area (Å²) >= 11 is 11.4. The predicted octanol–water partition coefficient (Wildman–Crippen LogP) is 3.52. The quantitative estimate of drug-likeness (QED) is 0.683. The molecule has 0 aliphatic carbocycles. The van der Waals surface area contributed by atoms with Crippen molar-refractivity contribution in [3.8, 4) is 0 Å². The Morgan fingerprint density at radius 2 is 1.73 bits per heavy atom. The molecule has 7 heteroatoms. The smallest absolute Gasteiger partial charge is 0.340 e. The lowest BCUT2D eigenvalue weighted by molar-refractivity contribution is -0.127. The van der Waals surface area contributed by atoms with Crippen LogP contribution in [-0.4, -0.2) is 11.9 Å². The first-order valence-corrected chi connectivity index (χ1v) is 6.85. The molecule has 114 valence electrons. The number of hydrogen-bond acceptors (Lipinski definition) is 3. The van der Waals surface area contributed by atoms with Gasteiger partial charge < -0.3 is 10.5 Å². The van der Waals surface area contributed by atoms with Gasteiger partial charge in [-0.05, 0) is 12.1 Å². The van der Waals surface area contributed by atoms with Gasteiger partial charge in [0.2, 0.25) is 6.10 Å². The zero-order chi connectivity index (χ0) is 16.3. The van der Waals surface area contributed by atoms with Gasteiger partial charge >= 0.3 is 5.97 Å². The first kappa shape index (κ1) is 16.3. The van der Waals surface area contributed by atoms with Crippen molar-refractivity contribution in [2.24, 2.45) is 5.73 Å². The van der Waals surface area contributed by atoms with Crippen LogP contribution in [0.4, 0.5) is 4.39 Å². The fourth-order valence-corrected chi connectivity index (χ4v) is 2.23. The first-order valence-electron chi connectivity index (χ1n) is 6.10. The second kappa shape index (κ2) is 6.77. The number of halogens is 3. The Labute approximate surface area is 135 Å². The SMILES string of the molecule is NC(=O)C(OC(=O)c1cc(F)c(Cl)cc1Cl)c1ccccc1. The standard InChI is InChI=1S/C15H10Cl2FNO3/c16-10-7-11(17)12(18)6-9(10)15(21)22-13(14(19)20)8-4-2-1-3-5-8/h1-7,13H,(H2,19,20). The van der Waals surface area contributed by atoms with Crippen LogP contribution in [0, 0.1) is 5.82 Å². The summed E-state index contributed by atoms with van der Waals surface area (Å²) in [5, 5.41) is -0.316. The number of benzene rings is 2. The van der Waals surface area contributed by atoms with E-state index in [1.165, 1.54) is 0 Å². The third kappa shape index (κ3) is 3.55. The van der Waals surface area contributed by atoms with E-state index in [0.717, 1.165) is 12.1 Å². The zero-order valence-corrected chi connectivity index (χ0v) is 12.6. The molecule has 0 saturated heterocycles. The highest BCUT2D eigenvalue weighted by Crippen LogP contribution is 2.27. The molecule has 2 rings (SSSR count). The number of amides is 1. The third-order valence-corrected chi connectivity index (χ3v) is 3.42. The van der Waals surface area contributed by atoms with E-state index in [0.29, 0.717) is 5.56 Å². The number of hydrogen-bond donors (Lipinski definition) is 1. The summed E-state index contributed by atoms with van der Waals surface area (Å²) in [5.41, 5.74) is 5.40. The molecule has 22 heavy (non-hydrogen) atoms.